The lowest BCUT2D eigenvalue weighted by molar-refractivity contribution is -0.124. The minimum atomic E-state index is -4.39. The third-order valence-corrected chi connectivity index (χ3v) is 7.34. The van der Waals surface area contributed by atoms with Gasteiger partial charge in [-0.05, 0) is 37.0 Å². The number of nitrogens with two attached hydrogens (primary N) is 1. The molecule has 1 saturated heterocycles. The number of nitrogens with one attached hydrogen (secondary N) is 2. The summed E-state index contributed by atoms with van der Waals surface area (Å²) in [6.07, 6.45) is 0.729. The van der Waals surface area contributed by atoms with Gasteiger partial charge in [0.25, 0.3) is 12.3 Å². The minimum absolute atomic E-state index is 0.0381. The summed E-state index contributed by atoms with van der Waals surface area (Å²) in [5, 5.41) is 12.4. The maximum Gasteiger partial charge on any atom is 0.255 e. The fourth-order valence-corrected chi connectivity index (χ4v) is 5.31. The monoisotopic (exact) mass is 474 g/mol. The molecule has 2 amide bonds. The van der Waals surface area contributed by atoms with E-state index in [1.165, 1.54) is 12.1 Å². The molecule has 1 aliphatic carbocycles. The summed E-state index contributed by atoms with van der Waals surface area (Å²) >= 11 is 0. The van der Waals surface area contributed by atoms with E-state index in [9.17, 15) is 31.9 Å². The second-order valence-corrected chi connectivity index (χ2v) is 9.87. The van der Waals surface area contributed by atoms with Crippen molar-refractivity contribution in [3.05, 3.63) is 18.2 Å². The maximum absolute atomic E-state index is 12.6. The molecule has 5 N–H and O–H groups in total. The molecule has 1 aliphatic heterocycles. The number of rotatable bonds is 8. The lowest BCUT2D eigenvalue weighted by Crippen LogP contribution is -2.42. The van der Waals surface area contributed by atoms with Crippen LogP contribution in [-0.2, 0) is 19.6 Å². The van der Waals surface area contributed by atoms with Crippen LogP contribution in [0.1, 0.15) is 38.5 Å². The van der Waals surface area contributed by atoms with Gasteiger partial charge in [0.05, 0.1) is 18.3 Å². The van der Waals surface area contributed by atoms with Crippen molar-refractivity contribution in [2.24, 2.45) is 11.7 Å². The van der Waals surface area contributed by atoms with Crippen molar-refractivity contribution in [3.8, 4) is 0 Å². The molecule has 2 atom stereocenters. The average molecular weight is 475 g/mol. The summed E-state index contributed by atoms with van der Waals surface area (Å²) in [5.74, 6) is -1.09. The van der Waals surface area contributed by atoms with Crippen LogP contribution in [0, 0.1) is 5.92 Å². The summed E-state index contributed by atoms with van der Waals surface area (Å²) in [5.41, 5.74) is 6.21. The first-order chi connectivity index (χ1) is 15.1. The van der Waals surface area contributed by atoms with Crippen LogP contribution in [0.15, 0.2) is 23.1 Å². The van der Waals surface area contributed by atoms with E-state index in [1.807, 2.05) is 0 Å². The Hall–Kier alpha value is -2.15. The van der Waals surface area contributed by atoms with Crippen molar-refractivity contribution in [1.29, 1.82) is 0 Å². The van der Waals surface area contributed by atoms with Crippen LogP contribution in [0.4, 0.5) is 20.2 Å². The van der Waals surface area contributed by atoms with Gasteiger partial charge in [-0.2, -0.15) is 0 Å². The summed E-state index contributed by atoms with van der Waals surface area (Å²) in [6.45, 7) is -1.05. The SMILES string of the molecule is N[C@H](C(=O)Nc1ccc(S(=O)(=O)NCC(F)F)c(N2CC[C@H](O)C2=O)c1)C1CCCCC1. The molecular weight excluding hydrogens is 446 g/mol. The third-order valence-electron chi connectivity index (χ3n) is 5.87. The molecule has 3 rings (SSSR count). The predicted molar refractivity (Wildman–Crippen MR) is 114 cm³/mol. The number of carbonyl (C=O) groups is 2. The largest absolute Gasteiger partial charge is 0.383 e. The number of amides is 2. The molecule has 12 heteroatoms. The van der Waals surface area contributed by atoms with Gasteiger partial charge in [-0.3, -0.25) is 9.59 Å². The van der Waals surface area contributed by atoms with Gasteiger partial charge in [-0.1, -0.05) is 19.3 Å². The molecule has 0 radical (unpaired) electrons. The number of anilines is 2. The molecule has 0 aromatic heterocycles. The van der Waals surface area contributed by atoms with Crippen LogP contribution in [-0.4, -0.2) is 57.0 Å². The summed E-state index contributed by atoms with van der Waals surface area (Å²) in [6, 6.07) is 2.98. The molecule has 1 heterocycles. The van der Waals surface area contributed by atoms with E-state index < -0.39 is 51.8 Å². The highest BCUT2D eigenvalue weighted by Gasteiger charge is 2.35. The average Bonchev–Trinajstić information content (AvgIpc) is 3.10. The summed E-state index contributed by atoms with van der Waals surface area (Å²) in [4.78, 5) is 25.6. The van der Waals surface area contributed by atoms with Gasteiger partial charge in [0.1, 0.15) is 11.0 Å². The third kappa shape index (κ3) is 5.61. The Balaban J connectivity index is 1.88. The Morgan fingerprint density at radius 3 is 2.50 bits per heavy atom. The van der Waals surface area contributed by atoms with Gasteiger partial charge in [-0.15, -0.1) is 0 Å². The van der Waals surface area contributed by atoms with E-state index in [2.05, 4.69) is 5.32 Å². The number of halogens is 2. The van der Waals surface area contributed by atoms with E-state index in [4.69, 9.17) is 5.73 Å². The Labute approximate surface area is 185 Å². The second kappa shape index (κ2) is 10.2. The van der Waals surface area contributed by atoms with Crippen LogP contribution < -0.4 is 20.7 Å². The Kier molecular flexibility index (Phi) is 7.80. The highest BCUT2D eigenvalue weighted by Crippen LogP contribution is 2.32. The smallest absolute Gasteiger partial charge is 0.255 e. The summed E-state index contributed by atoms with van der Waals surface area (Å²) in [7, 11) is -4.39. The Morgan fingerprint density at radius 2 is 1.91 bits per heavy atom. The molecule has 0 bridgehead atoms. The molecular formula is C20H28F2N4O5S. The van der Waals surface area contributed by atoms with Gasteiger partial charge < -0.3 is 21.1 Å². The van der Waals surface area contributed by atoms with E-state index in [1.54, 1.807) is 4.72 Å². The lowest BCUT2D eigenvalue weighted by atomic mass is 9.84. The molecule has 9 nitrogen and oxygen atoms in total. The van der Waals surface area contributed by atoms with Gasteiger partial charge in [0.2, 0.25) is 15.9 Å². The lowest BCUT2D eigenvalue weighted by Gasteiger charge is -2.27. The van der Waals surface area contributed by atoms with Gasteiger partial charge >= 0.3 is 0 Å². The normalized spacial score (nSPS) is 21.2. The van der Waals surface area contributed by atoms with Crippen LogP contribution in [0.2, 0.25) is 0 Å². The minimum Gasteiger partial charge on any atom is -0.383 e. The predicted octanol–water partition coefficient (Wildman–Crippen LogP) is 1.17. The zero-order valence-electron chi connectivity index (χ0n) is 17.5. The van der Waals surface area contributed by atoms with Gasteiger partial charge in [0, 0.05) is 18.7 Å². The van der Waals surface area contributed by atoms with Crippen LogP contribution in [0.5, 0.6) is 0 Å². The van der Waals surface area contributed by atoms with E-state index in [0.29, 0.717) is 0 Å². The molecule has 178 valence electrons. The van der Waals surface area contributed by atoms with E-state index in [-0.39, 0.29) is 30.3 Å². The molecule has 32 heavy (non-hydrogen) atoms. The highest BCUT2D eigenvalue weighted by molar-refractivity contribution is 7.89. The molecule has 2 fully saturated rings. The van der Waals surface area contributed by atoms with E-state index in [0.717, 1.165) is 43.1 Å². The molecule has 1 saturated carbocycles. The zero-order valence-corrected chi connectivity index (χ0v) is 18.3. The van der Waals surface area contributed by atoms with Crippen LogP contribution in [0.25, 0.3) is 0 Å². The van der Waals surface area contributed by atoms with Crippen molar-refractivity contribution >= 4 is 33.2 Å². The topological polar surface area (TPSA) is 142 Å². The summed E-state index contributed by atoms with van der Waals surface area (Å²) < 4.78 is 52.1. The molecule has 1 aromatic carbocycles. The first-order valence-corrected chi connectivity index (χ1v) is 12.1. The Bertz CT molecular complexity index is 953. The van der Waals surface area contributed by atoms with Crippen molar-refractivity contribution < 1.29 is 31.9 Å². The number of aliphatic hydroxyl groups excluding tert-OH is 1. The number of sulfonamides is 1. The van der Waals surface area contributed by atoms with Crippen molar-refractivity contribution in [3.63, 3.8) is 0 Å². The van der Waals surface area contributed by atoms with Crippen LogP contribution >= 0.6 is 0 Å². The van der Waals surface area contributed by atoms with Gasteiger partial charge in [0.15, 0.2) is 0 Å². The van der Waals surface area contributed by atoms with Crippen molar-refractivity contribution in [2.45, 2.75) is 62.0 Å². The maximum atomic E-state index is 12.6. The molecule has 0 spiro atoms. The molecule has 0 unspecified atom stereocenters. The Morgan fingerprint density at radius 1 is 1.22 bits per heavy atom. The zero-order chi connectivity index (χ0) is 23.5. The number of hydrogen-bond donors (Lipinski definition) is 4. The molecule has 1 aromatic rings. The number of alkyl halides is 2. The number of aliphatic hydroxyl groups is 1. The fraction of sp³-hybridized carbons (Fsp3) is 0.600. The molecule has 2 aliphatic rings. The first kappa shape index (κ1) is 24.5. The standard InChI is InChI=1S/C20H28F2N4O5S/c21-17(22)11-24-32(30,31)16-7-6-13(10-14(16)26-9-8-15(27)20(26)29)25-19(28)18(23)12-4-2-1-3-5-12/h6-7,10,12,15,17-18,24,27H,1-5,8-9,11,23H2,(H,25,28)/t15-,18-/m0/s1. The number of carbonyl (C=O) groups excluding carboxylic acids is 2. The number of nitrogens with zero attached hydrogens (tertiary/aromatic N) is 1. The van der Waals surface area contributed by atoms with E-state index >= 15 is 0 Å². The second-order valence-electron chi connectivity index (χ2n) is 8.13. The van der Waals surface area contributed by atoms with Crippen molar-refractivity contribution in [1.82, 2.24) is 4.72 Å². The van der Waals surface area contributed by atoms with Gasteiger partial charge in [-0.25, -0.2) is 21.9 Å². The number of hydrogen-bond acceptors (Lipinski definition) is 6. The number of benzene rings is 1. The fourth-order valence-electron chi connectivity index (χ4n) is 4.12. The van der Waals surface area contributed by atoms with Crippen molar-refractivity contribution in [2.75, 3.05) is 23.3 Å². The quantitative estimate of drug-likeness (QED) is 0.446. The van der Waals surface area contributed by atoms with Crippen LogP contribution in [0.3, 0.4) is 0 Å². The first-order valence-electron chi connectivity index (χ1n) is 10.6. The highest BCUT2D eigenvalue weighted by atomic mass is 32.2.